The van der Waals surface area contributed by atoms with Crippen molar-refractivity contribution in [2.45, 2.75) is 39.2 Å². The Bertz CT molecular complexity index is 161. The van der Waals surface area contributed by atoms with Crippen molar-refractivity contribution in [1.29, 1.82) is 0 Å². The lowest BCUT2D eigenvalue weighted by Crippen LogP contribution is -2.35. The number of carbonyl (C=O) groups is 1. The van der Waals surface area contributed by atoms with Crippen molar-refractivity contribution in [1.82, 2.24) is 4.90 Å². The molecule has 4 nitrogen and oxygen atoms in total. The van der Waals surface area contributed by atoms with Gasteiger partial charge in [-0.15, -0.1) is 0 Å². The van der Waals surface area contributed by atoms with Crippen LogP contribution in [0.4, 0.5) is 0 Å². The maximum Gasteiger partial charge on any atom is 0.304 e. The highest BCUT2D eigenvalue weighted by molar-refractivity contribution is 5.67. The summed E-state index contributed by atoms with van der Waals surface area (Å²) in [5, 5.41) is 17.3. The van der Waals surface area contributed by atoms with Crippen LogP contribution >= 0.6 is 0 Å². The summed E-state index contributed by atoms with van der Waals surface area (Å²) in [4.78, 5) is 12.6. The summed E-state index contributed by atoms with van der Waals surface area (Å²) >= 11 is 0. The van der Waals surface area contributed by atoms with Crippen LogP contribution in [0, 0.1) is 0 Å². The van der Waals surface area contributed by atoms with Gasteiger partial charge in [0.05, 0.1) is 6.42 Å². The van der Waals surface area contributed by atoms with Crippen LogP contribution < -0.4 is 0 Å². The molecule has 0 amide bonds. The van der Waals surface area contributed by atoms with Gasteiger partial charge in [-0.25, -0.2) is 0 Å². The minimum Gasteiger partial charge on any atom is -0.481 e. The van der Waals surface area contributed by atoms with Gasteiger partial charge in [-0.1, -0.05) is 6.92 Å². The molecule has 0 aliphatic carbocycles. The number of nitrogens with zero attached hydrogens (tertiary/aromatic N) is 1. The van der Waals surface area contributed by atoms with E-state index < -0.39 is 5.97 Å². The standard InChI is InChI=1S/C10H21NO3/c1-3-11(6-4-5-7-12)9(2)8-10(13)14/h9,12H,3-8H2,1-2H3,(H,13,14). The van der Waals surface area contributed by atoms with Gasteiger partial charge in [0.2, 0.25) is 0 Å². The molecule has 0 saturated carbocycles. The molecule has 0 radical (unpaired) electrons. The van der Waals surface area contributed by atoms with E-state index in [-0.39, 0.29) is 19.1 Å². The van der Waals surface area contributed by atoms with E-state index in [2.05, 4.69) is 4.90 Å². The number of rotatable bonds is 8. The molecule has 84 valence electrons. The lowest BCUT2D eigenvalue weighted by atomic mass is 10.2. The van der Waals surface area contributed by atoms with Gasteiger partial charge in [-0.2, -0.15) is 0 Å². The van der Waals surface area contributed by atoms with Crippen LogP contribution in [0.3, 0.4) is 0 Å². The van der Waals surface area contributed by atoms with Crippen LogP contribution in [0.5, 0.6) is 0 Å². The second-order valence-corrected chi connectivity index (χ2v) is 3.51. The van der Waals surface area contributed by atoms with Gasteiger partial charge < -0.3 is 15.1 Å². The number of hydrogen-bond donors (Lipinski definition) is 2. The molecule has 0 aromatic carbocycles. The number of carboxylic acid groups (broad SMARTS) is 1. The first kappa shape index (κ1) is 13.4. The number of aliphatic carboxylic acids is 1. The third kappa shape index (κ3) is 5.94. The molecule has 1 unspecified atom stereocenters. The highest BCUT2D eigenvalue weighted by atomic mass is 16.4. The first-order valence-electron chi connectivity index (χ1n) is 5.18. The smallest absolute Gasteiger partial charge is 0.304 e. The van der Waals surface area contributed by atoms with Gasteiger partial charge in [0.25, 0.3) is 0 Å². The summed E-state index contributed by atoms with van der Waals surface area (Å²) in [5.41, 5.74) is 0. The molecule has 2 N–H and O–H groups in total. The average molecular weight is 203 g/mol. The zero-order valence-electron chi connectivity index (χ0n) is 9.07. The number of hydrogen-bond acceptors (Lipinski definition) is 3. The number of aliphatic hydroxyl groups excluding tert-OH is 1. The zero-order chi connectivity index (χ0) is 11.0. The first-order chi connectivity index (χ1) is 6.61. The largest absolute Gasteiger partial charge is 0.481 e. The minimum atomic E-state index is -0.752. The molecule has 0 aromatic rings. The predicted molar refractivity (Wildman–Crippen MR) is 55.3 cm³/mol. The summed E-state index contributed by atoms with van der Waals surface area (Å²) in [6.07, 6.45) is 1.90. The molecule has 0 rings (SSSR count). The summed E-state index contributed by atoms with van der Waals surface area (Å²) in [6, 6.07) is 0.0798. The van der Waals surface area contributed by atoms with E-state index in [1.54, 1.807) is 0 Å². The van der Waals surface area contributed by atoms with E-state index in [1.807, 2.05) is 13.8 Å². The third-order valence-electron chi connectivity index (χ3n) is 2.35. The second-order valence-electron chi connectivity index (χ2n) is 3.51. The number of carboxylic acids is 1. The molecular formula is C10H21NO3. The summed E-state index contributed by atoms with van der Waals surface area (Å²) in [6.45, 7) is 5.89. The summed E-state index contributed by atoms with van der Waals surface area (Å²) < 4.78 is 0. The van der Waals surface area contributed by atoms with Crippen molar-refractivity contribution in [2.24, 2.45) is 0 Å². The Morgan fingerprint density at radius 3 is 2.50 bits per heavy atom. The maximum atomic E-state index is 10.5. The maximum absolute atomic E-state index is 10.5. The van der Waals surface area contributed by atoms with Gasteiger partial charge in [0, 0.05) is 12.6 Å². The highest BCUT2D eigenvalue weighted by Crippen LogP contribution is 2.05. The average Bonchev–Trinajstić information content (AvgIpc) is 2.11. The zero-order valence-corrected chi connectivity index (χ0v) is 9.07. The molecule has 0 heterocycles. The number of aliphatic hydroxyl groups is 1. The number of unbranched alkanes of at least 4 members (excludes halogenated alkanes) is 1. The molecular weight excluding hydrogens is 182 g/mol. The third-order valence-corrected chi connectivity index (χ3v) is 2.35. The Morgan fingerprint density at radius 1 is 1.43 bits per heavy atom. The molecule has 0 saturated heterocycles. The van der Waals surface area contributed by atoms with Crippen LogP contribution in [-0.2, 0) is 4.79 Å². The van der Waals surface area contributed by atoms with E-state index in [4.69, 9.17) is 10.2 Å². The first-order valence-corrected chi connectivity index (χ1v) is 5.18. The van der Waals surface area contributed by atoms with Crippen molar-refractivity contribution in [3.63, 3.8) is 0 Å². The predicted octanol–water partition coefficient (Wildman–Crippen LogP) is 0.944. The van der Waals surface area contributed by atoms with Crippen LogP contribution in [0.1, 0.15) is 33.1 Å². The van der Waals surface area contributed by atoms with Crippen LogP contribution in [0.15, 0.2) is 0 Å². The normalized spacial score (nSPS) is 13.1. The van der Waals surface area contributed by atoms with Gasteiger partial charge >= 0.3 is 5.97 Å². The molecule has 0 spiro atoms. The Kier molecular flexibility index (Phi) is 7.42. The summed E-state index contributed by atoms with van der Waals surface area (Å²) in [5.74, 6) is -0.752. The van der Waals surface area contributed by atoms with E-state index in [0.29, 0.717) is 0 Å². The quantitative estimate of drug-likeness (QED) is 0.576. The highest BCUT2D eigenvalue weighted by Gasteiger charge is 2.14. The Labute approximate surface area is 85.5 Å². The van der Waals surface area contributed by atoms with E-state index in [1.165, 1.54) is 0 Å². The van der Waals surface area contributed by atoms with Crippen molar-refractivity contribution < 1.29 is 15.0 Å². The van der Waals surface area contributed by atoms with Gasteiger partial charge in [0.15, 0.2) is 0 Å². The van der Waals surface area contributed by atoms with Gasteiger partial charge in [-0.05, 0) is 32.9 Å². The lowest BCUT2D eigenvalue weighted by Gasteiger charge is -2.26. The molecule has 0 aliphatic rings. The topological polar surface area (TPSA) is 60.8 Å². The molecule has 0 aliphatic heterocycles. The Balaban J connectivity index is 3.80. The monoisotopic (exact) mass is 203 g/mol. The molecule has 4 heteroatoms. The van der Waals surface area contributed by atoms with Crippen molar-refractivity contribution >= 4 is 5.97 Å². The van der Waals surface area contributed by atoms with Crippen LogP contribution in [0.25, 0.3) is 0 Å². The molecule has 0 bridgehead atoms. The second kappa shape index (κ2) is 7.76. The fourth-order valence-electron chi connectivity index (χ4n) is 1.50. The summed E-state index contributed by atoms with van der Waals surface area (Å²) in [7, 11) is 0. The van der Waals surface area contributed by atoms with E-state index >= 15 is 0 Å². The van der Waals surface area contributed by atoms with Crippen LogP contribution in [-0.4, -0.2) is 46.8 Å². The van der Waals surface area contributed by atoms with Crippen LogP contribution in [0.2, 0.25) is 0 Å². The SMILES string of the molecule is CCN(CCCCO)C(C)CC(=O)O. The molecule has 0 fully saturated rings. The fraction of sp³-hybridized carbons (Fsp3) is 0.900. The molecule has 1 atom stereocenters. The lowest BCUT2D eigenvalue weighted by molar-refractivity contribution is -0.138. The fourth-order valence-corrected chi connectivity index (χ4v) is 1.50. The Morgan fingerprint density at radius 2 is 2.07 bits per heavy atom. The van der Waals surface area contributed by atoms with E-state index in [9.17, 15) is 4.79 Å². The van der Waals surface area contributed by atoms with E-state index in [0.717, 1.165) is 25.9 Å². The van der Waals surface area contributed by atoms with Crippen molar-refractivity contribution in [3.05, 3.63) is 0 Å². The van der Waals surface area contributed by atoms with Gasteiger partial charge in [0.1, 0.15) is 0 Å². The minimum absolute atomic E-state index is 0.0798. The Hall–Kier alpha value is -0.610. The van der Waals surface area contributed by atoms with Gasteiger partial charge in [-0.3, -0.25) is 4.79 Å². The molecule has 14 heavy (non-hydrogen) atoms. The molecule has 0 aromatic heterocycles. The van der Waals surface area contributed by atoms with Crippen molar-refractivity contribution in [3.8, 4) is 0 Å². The van der Waals surface area contributed by atoms with Crippen molar-refractivity contribution in [2.75, 3.05) is 19.7 Å².